The van der Waals surface area contributed by atoms with Crippen LogP contribution in [0.4, 0.5) is 11.6 Å². The Morgan fingerprint density at radius 2 is 2.12 bits per heavy atom. The maximum absolute atomic E-state index is 5.41. The van der Waals surface area contributed by atoms with Gasteiger partial charge in [-0.25, -0.2) is 15.8 Å². The Hall–Kier alpha value is -1.40. The van der Waals surface area contributed by atoms with Crippen LogP contribution < -0.4 is 16.6 Å². The second kappa shape index (κ2) is 6.97. The molecule has 6 nitrogen and oxygen atoms in total. The molecule has 90 valence electrons. The van der Waals surface area contributed by atoms with Crippen molar-refractivity contribution in [3.8, 4) is 0 Å². The van der Waals surface area contributed by atoms with Gasteiger partial charge in [0.2, 0.25) is 0 Å². The number of nitrogens with two attached hydrogens (primary N) is 1. The topological polar surface area (TPSA) is 85.1 Å². The number of aromatic nitrogens is 2. The number of rotatable bonds is 7. The van der Waals surface area contributed by atoms with E-state index in [9.17, 15) is 0 Å². The fourth-order valence-corrected chi connectivity index (χ4v) is 1.45. The minimum absolute atomic E-state index is 0.640. The molecule has 0 unspecified atom stereocenters. The number of anilines is 2. The van der Waals surface area contributed by atoms with Gasteiger partial charge in [-0.2, -0.15) is 0 Å². The second-order valence-corrected chi connectivity index (χ2v) is 3.36. The van der Waals surface area contributed by atoms with Gasteiger partial charge in [-0.1, -0.05) is 13.3 Å². The molecule has 16 heavy (non-hydrogen) atoms. The van der Waals surface area contributed by atoms with Crippen molar-refractivity contribution in [3.63, 3.8) is 0 Å². The highest BCUT2D eigenvalue weighted by Crippen LogP contribution is 2.20. The number of hydrogen-bond acceptors (Lipinski definition) is 6. The fraction of sp³-hybridized carbons (Fsp3) is 0.600. The molecule has 4 N–H and O–H groups in total. The maximum atomic E-state index is 5.41. The van der Waals surface area contributed by atoms with Gasteiger partial charge in [0.1, 0.15) is 18.0 Å². The van der Waals surface area contributed by atoms with Gasteiger partial charge < -0.3 is 15.5 Å². The van der Waals surface area contributed by atoms with Gasteiger partial charge in [-0.05, 0) is 6.42 Å². The van der Waals surface area contributed by atoms with E-state index in [1.54, 1.807) is 7.11 Å². The highest BCUT2D eigenvalue weighted by Gasteiger charge is 2.08. The van der Waals surface area contributed by atoms with Crippen molar-refractivity contribution >= 4 is 11.6 Å². The first-order chi connectivity index (χ1) is 7.83. The third-order valence-corrected chi connectivity index (χ3v) is 2.18. The Labute approximate surface area is 95.6 Å². The fourth-order valence-electron chi connectivity index (χ4n) is 1.45. The number of nitrogens with one attached hydrogen (secondary N) is 2. The summed E-state index contributed by atoms with van der Waals surface area (Å²) in [6.45, 7) is 3.46. The first kappa shape index (κ1) is 12.7. The van der Waals surface area contributed by atoms with Crippen molar-refractivity contribution in [2.45, 2.75) is 19.8 Å². The van der Waals surface area contributed by atoms with E-state index >= 15 is 0 Å². The van der Waals surface area contributed by atoms with Crippen molar-refractivity contribution in [1.29, 1.82) is 0 Å². The molecular formula is C10H19N5O. The third kappa shape index (κ3) is 3.32. The van der Waals surface area contributed by atoms with E-state index in [1.165, 1.54) is 6.33 Å². The van der Waals surface area contributed by atoms with Crippen LogP contribution in [0.3, 0.4) is 0 Å². The van der Waals surface area contributed by atoms with Crippen LogP contribution in [0, 0.1) is 0 Å². The number of nitrogens with zero attached hydrogens (tertiary/aromatic N) is 2. The summed E-state index contributed by atoms with van der Waals surface area (Å²) >= 11 is 0. The average molecular weight is 225 g/mol. The summed E-state index contributed by atoms with van der Waals surface area (Å²) in [6.07, 6.45) is 3.39. The standard InChI is InChI=1S/C10H19N5O/c1-3-4-8-9(12-5-6-16-2)13-7-14-10(8)15-11/h7H,3-6,11H2,1-2H3,(H2,12,13,14,15). The van der Waals surface area contributed by atoms with E-state index in [-0.39, 0.29) is 0 Å². The Balaban J connectivity index is 2.79. The van der Waals surface area contributed by atoms with Gasteiger partial charge in [-0.3, -0.25) is 0 Å². The Morgan fingerprint density at radius 1 is 1.38 bits per heavy atom. The molecule has 0 radical (unpaired) electrons. The van der Waals surface area contributed by atoms with E-state index in [1.807, 2.05) is 0 Å². The lowest BCUT2D eigenvalue weighted by molar-refractivity contribution is 0.210. The summed E-state index contributed by atoms with van der Waals surface area (Å²) in [7, 11) is 1.67. The monoisotopic (exact) mass is 225 g/mol. The molecule has 0 atom stereocenters. The SMILES string of the molecule is CCCc1c(NN)ncnc1NCCOC. The van der Waals surface area contributed by atoms with Gasteiger partial charge in [0.15, 0.2) is 0 Å². The zero-order valence-electron chi connectivity index (χ0n) is 9.79. The van der Waals surface area contributed by atoms with Crippen molar-refractivity contribution in [1.82, 2.24) is 9.97 Å². The van der Waals surface area contributed by atoms with E-state index in [0.717, 1.165) is 24.2 Å². The Kier molecular flexibility index (Phi) is 5.52. The molecule has 1 heterocycles. The molecule has 1 aromatic rings. The molecule has 0 aliphatic carbocycles. The predicted molar refractivity (Wildman–Crippen MR) is 64.2 cm³/mol. The zero-order valence-corrected chi connectivity index (χ0v) is 9.79. The van der Waals surface area contributed by atoms with E-state index < -0.39 is 0 Å². The van der Waals surface area contributed by atoms with Gasteiger partial charge in [0.25, 0.3) is 0 Å². The molecule has 0 amide bonds. The number of hydrazine groups is 1. The third-order valence-electron chi connectivity index (χ3n) is 2.18. The normalized spacial score (nSPS) is 10.2. The minimum Gasteiger partial charge on any atom is -0.383 e. The summed E-state index contributed by atoms with van der Waals surface area (Å²) in [5.74, 6) is 6.91. The van der Waals surface area contributed by atoms with Crippen LogP contribution in [0.5, 0.6) is 0 Å². The van der Waals surface area contributed by atoms with Gasteiger partial charge in [-0.15, -0.1) is 0 Å². The minimum atomic E-state index is 0.640. The highest BCUT2D eigenvalue weighted by molar-refractivity contribution is 5.56. The number of hydrogen-bond donors (Lipinski definition) is 3. The molecule has 0 aromatic carbocycles. The molecule has 0 fully saturated rings. The summed E-state index contributed by atoms with van der Waals surface area (Å²) in [5, 5.41) is 3.20. The molecule has 0 saturated carbocycles. The van der Waals surface area contributed by atoms with Crippen LogP contribution in [0.2, 0.25) is 0 Å². The van der Waals surface area contributed by atoms with E-state index in [0.29, 0.717) is 19.0 Å². The van der Waals surface area contributed by atoms with Crippen LogP contribution in [-0.4, -0.2) is 30.2 Å². The molecule has 0 bridgehead atoms. The van der Waals surface area contributed by atoms with Crippen LogP contribution in [0.1, 0.15) is 18.9 Å². The van der Waals surface area contributed by atoms with Gasteiger partial charge in [0.05, 0.1) is 6.61 Å². The van der Waals surface area contributed by atoms with E-state index in [4.69, 9.17) is 10.6 Å². The summed E-state index contributed by atoms with van der Waals surface area (Å²) in [6, 6.07) is 0. The number of nitrogen functional groups attached to an aromatic ring is 1. The smallest absolute Gasteiger partial charge is 0.148 e. The molecule has 1 aromatic heterocycles. The summed E-state index contributed by atoms with van der Waals surface area (Å²) in [4.78, 5) is 8.29. The van der Waals surface area contributed by atoms with Crippen molar-refractivity contribution in [2.75, 3.05) is 31.0 Å². The lowest BCUT2D eigenvalue weighted by atomic mass is 10.1. The van der Waals surface area contributed by atoms with Crippen molar-refractivity contribution in [3.05, 3.63) is 11.9 Å². The zero-order chi connectivity index (χ0) is 11.8. The van der Waals surface area contributed by atoms with Crippen LogP contribution >= 0.6 is 0 Å². The van der Waals surface area contributed by atoms with Crippen LogP contribution in [0.15, 0.2) is 6.33 Å². The number of methoxy groups -OCH3 is 1. The maximum Gasteiger partial charge on any atom is 0.148 e. The number of ether oxygens (including phenoxy) is 1. The molecular weight excluding hydrogens is 206 g/mol. The molecule has 0 aliphatic rings. The van der Waals surface area contributed by atoms with Crippen LogP contribution in [0.25, 0.3) is 0 Å². The largest absolute Gasteiger partial charge is 0.383 e. The lowest BCUT2D eigenvalue weighted by Crippen LogP contribution is -2.16. The Morgan fingerprint density at radius 3 is 2.75 bits per heavy atom. The average Bonchev–Trinajstić information content (AvgIpc) is 2.31. The second-order valence-electron chi connectivity index (χ2n) is 3.36. The molecule has 6 heteroatoms. The summed E-state index contributed by atoms with van der Waals surface area (Å²) < 4.78 is 4.97. The Bertz CT molecular complexity index is 318. The van der Waals surface area contributed by atoms with Crippen LogP contribution in [-0.2, 0) is 11.2 Å². The molecule has 0 aliphatic heterocycles. The van der Waals surface area contributed by atoms with Crippen molar-refractivity contribution < 1.29 is 4.74 Å². The van der Waals surface area contributed by atoms with E-state index in [2.05, 4.69) is 27.6 Å². The molecule has 1 rings (SSSR count). The molecule has 0 spiro atoms. The van der Waals surface area contributed by atoms with Gasteiger partial charge >= 0.3 is 0 Å². The summed E-state index contributed by atoms with van der Waals surface area (Å²) in [5.41, 5.74) is 3.61. The quantitative estimate of drug-likeness (QED) is 0.361. The van der Waals surface area contributed by atoms with Crippen molar-refractivity contribution in [2.24, 2.45) is 5.84 Å². The molecule has 0 saturated heterocycles. The lowest BCUT2D eigenvalue weighted by Gasteiger charge is -2.12. The van der Waals surface area contributed by atoms with Gasteiger partial charge in [0, 0.05) is 19.2 Å². The first-order valence-electron chi connectivity index (χ1n) is 5.36. The highest BCUT2D eigenvalue weighted by atomic mass is 16.5. The first-order valence-corrected chi connectivity index (χ1v) is 5.36. The predicted octanol–water partition coefficient (Wildman–Crippen LogP) is 0.773.